The van der Waals surface area contributed by atoms with Gasteiger partial charge in [0, 0.05) is 21.4 Å². The number of urea groups is 1. The van der Waals surface area contributed by atoms with E-state index in [-0.39, 0.29) is 18.3 Å². The summed E-state index contributed by atoms with van der Waals surface area (Å²) in [6, 6.07) is 3.42. The van der Waals surface area contributed by atoms with E-state index in [1.807, 2.05) is 28.3 Å². The fraction of sp³-hybridized carbons (Fsp3) is 0.294. The molecular weight excluding hydrogens is 372 g/mol. The van der Waals surface area contributed by atoms with Crippen LogP contribution in [0.1, 0.15) is 29.2 Å². The van der Waals surface area contributed by atoms with E-state index in [0.29, 0.717) is 12.2 Å². The molecule has 4 heterocycles. The number of rotatable bonds is 3. The molecule has 7 nitrogen and oxygen atoms in total. The van der Waals surface area contributed by atoms with Crippen LogP contribution < -0.4 is 5.32 Å². The number of thiophene rings is 2. The second-order valence-corrected chi connectivity index (χ2v) is 8.14. The fourth-order valence-corrected chi connectivity index (χ4v) is 5.28. The zero-order chi connectivity index (χ0) is 17.7. The summed E-state index contributed by atoms with van der Waals surface area (Å²) < 4.78 is 5.25. The van der Waals surface area contributed by atoms with E-state index in [2.05, 4.69) is 15.5 Å². The normalized spacial score (nSPS) is 22.1. The molecule has 1 N–H and O–H groups in total. The fourth-order valence-electron chi connectivity index (χ4n) is 3.65. The Bertz CT molecular complexity index is 994. The molecule has 1 aliphatic carbocycles. The molecule has 0 bridgehead atoms. The molecule has 3 aromatic heterocycles. The lowest BCUT2D eigenvalue weighted by atomic mass is 9.80. The minimum Gasteiger partial charge on any atom is -0.337 e. The second-order valence-electron chi connectivity index (χ2n) is 6.36. The van der Waals surface area contributed by atoms with Gasteiger partial charge in [-0.1, -0.05) is 5.16 Å². The number of hydrogen-bond donors (Lipinski definition) is 1. The van der Waals surface area contributed by atoms with E-state index in [9.17, 15) is 9.59 Å². The summed E-state index contributed by atoms with van der Waals surface area (Å²) in [5.41, 5.74) is 0.842. The number of fused-ring (bicyclic) bond motifs is 2. The number of aromatic nitrogens is 2. The molecule has 3 amide bonds. The van der Waals surface area contributed by atoms with E-state index < -0.39 is 11.6 Å². The number of amides is 3. The Morgan fingerprint density at radius 1 is 1.31 bits per heavy atom. The van der Waals surface area contributed by atoms with Crippen molar-refractivity contribution < 1.29 is 14.1 Å². The van der Waals surface area contributed by atoms with Crippen LogP contribution in [-0.2, 0) is 23.3 Å². The van der Waals surface area contributed by atoms with Crippen LogP contribution in [0.3, 0.4) is 0 Å². The third-order valence-corrected chi connectivity index (χ3v) is 6.54. The maximum Gasteiger partial charge on any atom is 0.325 e. The maximum absolute atomic E-state index is 13.2. The molecule has 9 heteroatoms. The topological polar surface area (TPSA) is 88.3 Å². The number of carbonyl (C=O) groups is 2. The smallest absolute Gasteiger partial charge is 0.325 e. The summed E-state index contributed by atoms with van der Waals surface area (Å²) >= 11 is 3.17. The third-order valence-electron chi connectivity index (χ3n) is 4.88. The van der Waals surface area contributed by atoms with E-state index in [0.717, 1.165) is 24.0 Å². The molecule has 1 atom stereocenters. The summed E-state index contributed by atoms with van der Waals surface area (Å²) in [5.74, 6) is 0.464. The Morgan fingerprint density at radius 3 is 3.08 bits per heavy atom. The van der Waals surface area contributed by atoms with Gasteiger partial charge in [-0.15, -0.1) is 11.3 Å². The maximum atomic E-state index is 13.2. The predicted molar refractivity (Wildman–Crippen MR) is 95.6 cm³/mol. The van der Waals surface area contributed by atoms with Crippen molar-refractivity contribution in [3.05, 3.63) is 44.6 Å². The van der Waals surface area contributed by atoms with Gasteiger partial charge in [0.05, 0.1) is 0 Å². The third kappa shape index (κ3) is 2.24. The lowest BCUT2D eigenvalue weighted by Crippen LogP contribution is -2.46. The van der Waals surface area contributed by atoms with Crippen LogP contribution in [0.15, 0.2) is 32.8 Å². The van der Waals surface area contributed by atoms with Gasteiger partial charge in [-0.3, -0.25) is 9.69 Å². The molecule has 0 unspecified atom stereocenters. The lowest BCUT2D eigenvalue weighted by molar-refractivity contribution is -0.132. The van der Waals surface area contributed by atoms with E-state index in [1.165, 1.54) is 21.1 Å². The first-order chi connectivity index (χ1) is 12.7. The van der Waals surface area contributed by atoms with Crippen LogP contribution in [-0.4, -0.2) is 27.0 Å². The van der Waals surface area contributed by atoms with Crippen molar-refractivity contribution in [2.24, 2.45) is 0 Å². The molecule has 5 rings (SSSR count). The van der Waals surface area contributed by atoms with Gasteiger partial charge in [0.2, 0.25) is 11.7 Å². The van der Waals surface area contributed by atoms with Crippen molar-refractivity contribution in [1.82, 2.24) is 20.4 Å². The Morgan fingerprint density at radius 2 is 2.23 bits per heavy atom. The first-order valence-corrected chi connectivity index (χ1v) is 10.1. The molecule has 132 valence electrons. The van der Waals surface area contributed by atoms with E-state index in [1.54, 1.807) is 11.3 Å². The molecule has 26 heavy (non-hydrogen) atoms. The zero-order valence-corrected chi connectivity index (χ0v) is 15.2. The Kier molecular flexibility index (Phi) is 3.47. The van der Waals surface area contributed by atoms with Gasteiger partial charge in [0.15, 0.2) is 0 Å². The van der Waals surface area contributed by atoms with Crippen molar-refractivity contribution in [1.29, 1.82) is 0 Å². The molecule has 1 aliphatic heterocycles. The molecular formula is C17H14N4O3S2. The number of nitrogens with zero attached hydrogens (tertiary/aromatic N) is 3. The highest BCUT2D eigenvalue weighted by Crippen LogP contribution is 2.42. The highest BCUT2D eigenvalue weighted by Gasteiger charge is 2.54. The summed E-state index contributed by atoms with van der Waals surface area (Å²) in [6.07, 6.45) is 2.43. The highest BCUT2D eigenvalue weighted by atomic mass is 32.1. The highest BCUT2D eigenvalue weighted by molar-refractivity contribution is 7.10. The number of hydrogen-bond acceptors (Lipinski definition) is 7. The second kappa shape index (κ2) is 5.75. The summed E-state index contributed by atoms with van der Waals surface area (Å²) in [7, 11) is 0. The molecule has 0 radical (unpaired) electrons. The van der Waals surface area contributed by atoms with E-state index >= 15 is 0 Å². The first kappa shape index (κ1) is 15.7. The Labute approximate surface area is 156 Å². The van der Waals surface area contributed by atoms with Crippen molar-refractivity contribution >= 4 is 34.6 Å². The van der Waals surface area contributed by atoms with Crippen LogP contribution in [0.25, 0.3) is 11.4 Å². The SMILES string of the molecule is O=C1N[C@@]2(CCCc3sccc32)C(=O)N1Cc1nc(-c2ccsc2)no1. The van der Waals surface area contributed by atoms with Crippen LogP contribution in [0.4, 0.5) is 4.79 Å². The van der Waals surface area contributed by atoms with Crippen molar-refractivity contribution in [3.8, 4) is 11.4 Å². The van der Waals surface area contributed by atoms with Gasteiger partial charge in [0.1, 0.15) is 12.1 Å². The zero-order valence-electron chi connectivity index (χ0n) is 13.6. The molecule has 0 aromatic carbocycles. The number of carbonyl (C=O) groups excluding carboxylic acids is 2. The molecule has 1 fully saturated rings. The van der Waals surface area contributed by atoms with Gasteiger partial charge in [-0.25, -0.2) is 4.79 Å². The summed E-state index contributed by atoms with van der Waals surface area (Å²) in [5, 5.41) is 12.7. The minimum atomic E-state index is -0.944. The van der Waals surface area contributed by atoms with Gasteiger partial charge in [0.25, 0.3) is 5.91 Å². The molecule has 1 spiro atoms. The number of nitrogens with one attached hydrogen (secondary N) is 1. The van der Waals surface area contributed by atoms with Gasteiger partial charge >= 0.3 is 6.03 Å². The Hall–Kier alpha value is -2.52. The molecule has 1 saturated heterocycles. The van der Waals surface area contributed by atoms with Crippen molar-refractivity contribution in [2.45, 2.75) is 31.3 Å². The van der Waals surface area contributed by atoms with Crippen LogP contribution in [0, 0.1) is 0 Å². The largest absolute Gasteiger partial charge is 0.337 e. The predicted octanol–water partition coefficient (Wildman–Crippen LogP) is 3.14. The number of aryl methyl sites for hydroxylation is 1. The minimum absolute atomic E-state index is 0.0248. The van der Waals surface area contributed by atoms with Crippen molar-refractivity contribution in [3.63, 3.8) is 0 Å². The van der Waals surface area contributed by atoms with Crippen LogP contribution in [0.2, 0.25) is 0 Å². The molecule has 0 saturated carbocycles. The van der Waals surface area contributed by atoms with Crippen molar-refractivity contribution in [2.75, 3.05) is 0 Å². The van der Waals surface area contributed by atoms with Crippen LogP contribution in [0.5, 0.6) is 0 Å². The van der Waals surface area contributed by atoms with Gasteiger partial charge in [-0.05, 0) is 42.2 Å². The lowest BCUT2D eigenvalue weighted by Gasteiger charge is -2.31. The van der Waals surface area contributed by atoms with Crippen LogP contribution >= 0.6 is 22.7 Å². The Balaban J connectivity index is 1.43. The number of imide groups is 1. The standard InChI is InChI=1S/C17H14N4O3S2/c22-15-17(5-1-2-12-11(17)4-7-26-12)19-16(23)21(15)8-13-18-14(20-24-13)10-3-6-25-9-10/h3-4,6-7,9H,1-2,5,8H2,(H,19,23)/t17-/m1/s1. The van der Waals surface area contributed by atoms with Gasteiger partial charge < -0.3 is 9.84 Å². The first-order valence-electron chi connectivity index (χ1n) is 8.23. The van der Waals surface area contributed by atoms with E-state index in [4.69, 9.17) is 4.52 Å². The average molecular weight is 386 g/mol. The summed E-state index contributed by atoms with van der Waals surface area (Å²) in [4.78, 5) is 32.4. The van der Waals surface area contributed by atoms with Gasteiger partial charge in [-0.2, -0.15) is 16.3 Å². The molecule has 2 aliphatic rings. The molecule has 3 aromatic rings. The quantitative estimate of drug-likeness (QED) is 0.699. The monoisotopic (exact) mass is 386 g/mol. The average Bonchev–Trinajstić information content (AvgIpc) is 3.41. The summed E-state index contributed by atoms with van der Waals surface area (Å²) in [6.45, 7) is -0.0248.